The Hall–Kier alpha value is -1.10. The lowest BCUT2D eigenvalue weighted by Gasteiger charge is -2.39. The number of hydrogen-bond acceptors (Lipinski definition) is 3. The van der Waals surface area contributed by atoms with Crippen molar-refractivity contribution < 1.29 is 14.7 Å². The van der Waals surface area contributed by atoms with Crippen LogP contribution in [-0.4, -0.2) is 29.1 Å². The van der Waals surface area contributed by atoms with Gasteiger partial charge in [0.1, 0.15) is 6.42 Å². The van der Waals surface area contributed by atoms with Gasteiger partial charge in [-0.3, -0.25) is 9.59 Å². The van der Waals surface area contributed by atoms with Gasteiger partial charge in [-0.2, -0.15) is 0 Å². The summed E-state index contributed by atoms with van der Waals surface area (Å²) in [5, 5.41) is 11.0. The van der Waals surface area contributed by atoms with Crippen LogP contribution in [-0.2, 0) is 9.59 Å². The van der Waals surface area contributed by atoms with Crippen LogP contribution in [0.1, 0.15) is 45.4 Å². The van der Waals surface area contributed by atoms with Gasteiger partial charge >= 0.3 is 5.97 Å². The Kier molecular flexibility index (Phi) is 4.93. The zero-order valence-electron chi connectivity index (χ0n) is 10.4. The maximum absolute atomic E-state index is 11.1. The maximum atomic E-state index is 11.1. The Morgan fingerprint density at radius 1 is 1.47 bits per heavy atom. The highest BCUT2D eigenvalue weighted by Gasteiger charge is 2.33. The molecule has 0 radical (unpaired) electrons. The summed E-state index contributed by atoms with van der Waals surface area (Å²) >= 11 is 0. The second-order valence-electron chi connectivity index (χ2n) is 5.05. The molecule has 0 saturated heterocycles. The van der Waals surface area contributed by atoms with Crippen molar-refractivity contribution in [2.75, 3.05) is 6.54 Å². The van der Waals surface area contributed by atoms with Gasteiger partial charge in [0, 0.05) is 12.1 Å². The van der Waals surface area contributed by atoms with Gasteiger partial charge in [-0.05, 0) is 25.2 Å². The van der Waals surface area contributed by atoms with Gasteiger partial charge < -0.3 is 16.2 Å². The lowest BCUT2D eigenvalue weighted by molar-refractivity contribution is -0.140. The minimum atomic E-state index is -1.10. The molecule has 17 heavy (non-hydrogen) atoms. The van der Waals surface area contributed by atoms with Crippen molar-refractivity contribution in [3.63, 3.8) is 0 Å². The zero-order valence-corrected chi connectivity index (χ0v) is 10.4. The molecule has 0 aromatic carbocycles. The maximum Gasteiger partial charge on any atom is 0.312 e. The van der Waals surface area contributed by atoms with E-state index in [9.17, 15) is 9.59 Å². The number of carbonyl (C=O) groups excluding carboxylic acids is 1. The van der Waals surface area contributed by atoms with Crippen LogP contribution in [0.15, 0.2) is 0 Å². The first-order valence-electron chi connectivity index (χ1n) is 6.21. The van der Waals surface area contributed by atoms with Gasteiger partial charge in [-0.1, -0.05) is 19.8 Å². The first kappa shape index (κ1) is 14.0. The normalized spacial score (nSPS) is 28.7. The van der Waals surface area contributed by atoms with Gasteiger partial charge in [0.15, 0.2) is 0 Å². The number of aliphatic carboxylic acids is 1. The highest BCUT2D eigenvalue weighted by atomic mass is 16.4. The molecule has 4 N–H and O–H groups in total. The predicted octanol–water partition coefficient (Wildman–Crippen LogP) is 0.875. The van der Waals surface area contributed by atoms with Crippen molar-refractivity contribution in [1.82, 2.24) is 5.32 Å². The summed E-state index contributed by atoms with van der Waals surface area (Å²) in [6.45, 7) is 2.62. The summed E-state index contributed by atoms with van der Waals surface area (Å²) in [7, 11) is 0. The van der Waals surface area contributed by atoms with E-state index in [4.69, 9.17) is 10.8 Å². The van der Waals surface area contributed by atoms with E-state index in [0.717, 1.165) is 25.7 Å². The minimum Gasteiger partial charge on any atom is -0.481 e. The summed E-state index contributed by atoms with van der Waals surface area (Å²) in [6, 6.07) is 0. The molecule has 0 aromatic heterocycles. The van der Waals surface area contributed by atoms with E-state index in [1.807, 2.05) is 0 Å². The summed E-state index contributed by atoms with van der Waals surface area (Å²) in [5.74, 6) is -1.08. The average Bonchev–Trinajstić information content (AvgIpc) is 2.21. The molecule has 0 heterocycles. The SMILES string of the molecule is CC1CCCCC1(N)CCNC(=O)CC(=O)O. The van der Waals surface area contributed by atoms with E-state index in [-0.39, 0.29) is 5.54 Å². The number of nitrogens with two attached hydrogens (primary N) is 1. The molecular weight excluding hydrogens is 220 g/mol. The topological polar surface area (TPSA) is 92.4 Å². The molecule has 98 valence electrons. The summed E-state index contributed by atoms with van der Waals surface area (Å²) in [4.78, 5) is 21.5. The third kappa shape index (κ3) is 4.34. The lowest BCUT2D eigenvalue weighted by Crippen LogP contribution is -2.50. The van der Waals surface area contributed by atoms with Crippen LogP contribution in [0, 0.1) is 5.92 Å². The van der Waals surface area contributed by atoms with E-state index < -0.39 is 18.3 Å². The summed E-state index contributed by atoms with van der Waals surface area (Å²) in [5.41, 5.74) is 6.12. The summed E-state index contributed by atoms with van der Waals surface area (Å²) in [6.07, 6.45) is 4.75. The Morgan fingerprint density at radius 3 is 2.76 bits per heavy atom. The first-order valence-corrected chi connectivity index (χ1v) is 6.21. The van der Waals surface area contributed by atoms with Crippen LogP contribution < -0.4 is 11.1 Å². The second kappa shape index (κ2) is 6.00. The van der Waals surface area contributed by atoms with Crippen molar-refractivity contribution in [2.24, 2.45) is 11.7 Å². The third-order valence-electron chi connectivity index (χ3n) is 3.74. The van der Waals surface area contributed by atoms with Crippen LogP contribution >= 0.6 is 0 Å². The van der Waals surface area contributed by atoms with Crippen molar-refractivity contribution in [3.05, 3.63) is 0 Å². The fourth-order valence-electron chi connectivity index (χ4n) is 2.44. The van der Waals surface area contributed by atoms with Crippen LogP contribution in [0.4, 0.5) is 0 Å². The molecule has 1 fully saturated rings. The number of hydrogen-bond donors (Lipinski definition) is 3. The average molecular weight is 242 g/mol. The second-order valence-corrected chi connectivity index (χ2v) is 5.05. The number of carboxylic acid groups (broad SMARTS) is 1. The zero-order chi connectivity index (χ0) is 12.9. The Labute approximate surface area is 102 Å². The monoisotopic (exact) mass is 242 g/mol. The van der Waals surface area contributed by atoms with Crippen molar-refractivity contribution in [1.29, 1.82) is 0 Å². The molecule has 0 bridgehead atoms. The third-order valence-corrected chi connectivity index (χ3v) is 3.74. The summed E-state index contributed by atoms with van der Waals surface area (Å²) < 4.78 is 0. The standard InChI is InChI=1S/C12H22N2O3/c1-9-4-2-3-5-12(9,13)6-7-14-10(15)8-11(16)17/h9H,2-8,13H2,1H3,(H,14,15)(H,16,17). The van der Waals surface area contributed by atoms with Gasteiger partial charge in [-0.15, -0.1) is 0 Å². The molecule has 2 atom stereocenters. The highest BCUT2D eigenvalue weighted by molar-refractivity contribution is 5.93. The number of nitrogens with one attached hydrogen (secondary N) is 1. The predicted molar refractivity (Wildman–Crippen MR) is 64.4 cm³/mol. The minimum absolute atomic E-state index is 0.200. The molecule has 0 aromatic rings. The molecule has 0 aliphatic heterocycles. The fourth-order valence-corrected chi connectivity index (χ4v) is 2.44. The quantitative estimate of drug-likeness (QED) is 0.624. The van der Waals surface area contributed by atoms with Crippen molar-refractivity contribution in [3.8, 4) is 0 Å². The largest absolute Gasteiger partial charge is 0.481 e. The molecule has 1 saturated carbocycles. The van der Waals surface area contributed by atoms with Gasteiger partial charge in [-0.25, -0.2) is 0 Å². The van der Waals surface area contributed by atoms with Crippen LogP contribution in [0.25, 0.3) is 0 Å². The first-order chi connectivity index (χ1) is 7.94. The van der Waals surface area contributed by atoms with Gasteiger partial charge in [0.05, 0.1) is 0 Å². The van der Waals surface area contributed by atoms with E-state index in [2.05, 4.69) is 12.2 Å². The molecule has 1 aliphatic rings. The van der Waals surface area contributed by atoms with Crippen LogP contribution in [0.2, 0.25) is 0 Å². The van der Waals surface area contributed by atoms with E-state index in [0.29, 0.717) is 12.5 Å². The number of carboxylic acids is 1. The van der Waals surface area contributed by atoms with Gasteiger partial charge in [0.25, 0.3) is 0 Å². The molecule has 5 heteroatoms. The van der Waals surface area contributed by atoms with Crippen LogP contribution in [0.3, 0.4) is 0 Å². The Morgan fingerprint density at radius 2 is 2.18 bits per heavy atom. The smallest absolute Gasteiger partial charge is 0.312 e. The van der Waals surface area contributed by atoms with Gasteiger partial charge in [0.2, 0.25) is 5.91 Å². The van der Waals surface area contributed by atoms with E-state index in [1.165, 1.54) is 6.42 Å². The fraction of sp³-hybridized carbons (Fsp3) is 0.833. The number of carbonyl (C=O) groups is 2. The number of amides is 1. The lowest BCUT2D eigenvalue weighted by atomic mass is 9.72. The molecule has 2 unspecified atom stereocenters. The number of rotatable bonds is 5. The van der Waals surface area contributed by atoms with E-state index in [1.54, 1.807) is 0 Å². The molecule has 5 nitrogen and oxygen atoms in total. The van der Waals surface area contributed by atoms with Crippen LogP contribution in [0.5, 0.6) is 0 Å². The Bertz CT molecular complexity index is 293. The molecule has 1 aliphatic carbocycles. The van der Waals surface area contributed by atoms with E-state index >= 15 is 0 Å². The molecule has 0 spiro atoms. The molecule has 1 rings (SSSR count). The highest BCUT2D eigenvalue weighted by Crippen LogP contribution is 2.33. The van der Waals surface area contributed by atoms with Crippen molar-refractivity contribution >= 4 is 11.9 Å². The molecular formula is C12H22N2O3. The molecule has 1 amide bonds. The van der Waals surface area contributed by atoms with Crippen molar-refractivity contribution in [2.45, 2.75) is 51.0 Å². The Balaban J connectivity index is 2.29.